The van der Waals surface area contributed by atoms with Crippen LogP contribution in [-0.2, 0) is 4.79 Å². The molecule has 1 atom stereocenters. The van der Waals surface area contributed by atoms with E-state index in [1.165, 1.54) is 12.1 Å². The lowest BCUT2D eigenvalue weighted by atomic mass is 10.2. The minimum atomic E-state index is -0.307. The zero-order chi connectivity index (χ0) is 14.1. The average molecular weight is 284 g/mol. The lowest BCUT2D eigenvalue weighted by molar-refractivity contribution is -0.115. The molecule has 0 spiro atoms. The van der Waals surface area contributed by atoms with Gasteiger partial charge in [0.15, 0.2) is 0 Å². The predicted octanol–water partition coefficient (Wildman–Crippen LogP) is 2.89. The molecule has 2 N–H and O–H groups in total. The van der Waals surface area contributed by atoms with Crippen LogP contribution in [0.2, 0.25) is 0 Å². The van der Waals surface area contributed by atoms with Gasteiger partial charge in [-0.25, -0.2) is 4.39 Å². The molecule has 0 aliphatic heterocycles. The van der Waals surface area contributed by atoms with E-state index < -0.39 is 0 Å². The molecule has 0 aliphatic rings. The van der Waals surface area contributed by atoms with Gasteiger partial charge in [0.05, 0.1) is 6.54 Å². The number of benzene rings is 1. The first-order chi connectivity index (χ1) is 9.11. The predicted molar refractivity (Wildman–Crippen MR) is 80.1 cm³/mol. The van der Waals surface area contributed by atoms with Crippen LogP contribution in [0.25, 0.3) is 0 Å². The molecule has 0 saturated carbocycles. The number of hydrogen-bond acceptors (Lipinski definition) is 3. The van der Waals surface area contributed by atoms with Crippen LogP contribution >= 0.6 is 11.8 Å². The van der Waals surface area contributed by atoms with Gasteiger partial charge in [-0.2, -0.15) is 11.8 Å². The number of thioether (sulfide) groups is 1. The highest BCUT2D eigenvalue weighted by atomic mass is 32.2. The SMILES string of the molecule is CCSCCC(C)NCC(=O)Nc1ccc(F)cc1. The van der Waals surface area contributed by atoms with Crippen LogP contribution in [0.1, 0.15) is 20.3 Å². The van der Waals surface area contributed by atoms with Gasteiger partial charge in [0, 0.05) is 11.7 Å². The summed E-state index contributed by atoms with van der Waals surface area (Å²) in [6.45, 7) is 4.48. The number of hydrogen-bond donors (Lipinski definition) is 2. The molecule has 1 aromatic rings. The maximum absolute atomic E-state index is 12.7. The van der Waals surface area contributed by atoms with Crippen molar-refractivity contribution in [1.82, 2.24) is 5.32 Å². The highest BCUT2D eigenvalue weighted by Gasteiger charge is 2.06. The van der Waals surface area contributed by atoms with Crippen molar-refractivity contribution in [3.8, 4) is 0 Å². The lowest BCUT2D eigenvalue weighted by Crippen LogP contribution is -2.34. The van der Waals surface area contributed by atoms with E-state index in [1.54, 1.807) is 12.1 Å². The molecule has 5 heteroatoms. The van der Waals surface area contributed by atoms with E-state index in [9.17, 15) is 9.18 Å². The summed E-state index contributed by atoms with van der Waals surface area (Å²) in [5, 5.41) is 5.89. The van der Waals surface area contributed by atoms with Gasteiger partial charge >= 0.3 is 0 Å². The molecule has 3 nitrogen and oxygen atoms in total. The maximum Gasteiger partial charge on any atom is 0.238 e. The van der Waals surface area contributed by atoms with Crippen LogP contribution in [0.5, 0.6) is 0 Å². The number of carbonyl (C=O) groups is 1. The fourth-order valence-corrected chi connectivity index (χ4v) is 2.32. The third-order valence-electron chi connectivity index (χ3n) is 2.64. The van der Waals surface area contributed by atoms with Gasteiger partial charge in [-0.3, -0.25) is 4.79 Å². The van der Waals surface area contributed by atoms with Crippen LogP contribution in [0.4, 0.5) is 10.1 Å². The van der Waals surface area contributed by atoms with Crippen molar-refractivity contribution in [2.45, 2.75) is 26.3 Å². The Kier molecular flexibility index (Phi) is 7.52. The van der Waals surface area contributed by atoms with Crippen LogP contribution in [0, 0.1) is 5.82 Å². The Bertz CT molecular complexity index is 384. The van der Waals surface area contributed by atoms with Crippen molar-refractivity contribution in [2.75, 3.05) is 23.4 Å². The van der Waals surface area contributed by atoms with Crippen LogP contribution in [0.15, 0.2) is 24.3 Å². The molecule has 19 heavy (non-hydrogen) atoms. The second-order valence-corrected chi connectivity index (χ2v) is 5.72. The first-order valence-electron chi connectivity index (χ1n) is 6.48. The fourth-order valence-electron chi connectivity index (χ4n) is 1.51. The molecule has 0 radical (unpaired) electrons. The number of halogens is 1. The van der Waals surface area contributed by atoms with Crippen molar-refractivity contribution in [2.24, 2.45) is 0 Å². The summed E-state index contributed by atoms with van der Waals surface area (Å²) < 4.78 is 12.7. The summed E-state index contributed by atoms with van der Waals surface area (Å²) in [6.07, 6.45) is 1.04. The Morgan fingerprint density at radius 3 is 2.68 bits per heavy atom. The standard InChI is InChI=1S/C14H21FN2OS/c1-3-19-9-8-11(2)16-10-14(18)17-13-6-4-12(15)5-7-13/h4-7,11,16H,3,8-10H2,1-2H3,(H,17,18). The third-order valence-corrected chi connectivity index (χ3v) is 3.57. The van der Waals surface area contributed by atoms with Gasteiger partial charge in [-0.05, 0) is 49.1 Å². The van der Waals surface area contributed by atoms with Crippen molar-refractivity contribution in [1.29, 1.82) is 0 Å². The summed E-state index contributed by atoms with van der Waals surface area (Å²) in [5.41, 5.74) is 0.613. The van der Waals surface area contributed by atoms with Gasteiger partial charge < -0.3 is 10.6 Å². The van der Waals surface area contributed by atoms with Gasteiger partial charge in [-0.1, -0.05) is 6.92 Å². The van der Waals surface area contributed by atoms with E-state index in [-0.39, 0.29) is 18.3 Å². The Labute approximate surface area is 118 Å². The summed E-state index contributed by atoms with van der Waals surface area (Å²) in [6, 6.07) is 6.07. The van der Waals surface area contributed by atoms with E-state index in [0.717, 1.165) is 17.9 Å². The quantitative estimate of drug-likeness (QED) is 0.721. The molecule has 0 aliphatic carbocycles. The molecule has 1 rings (SSSR count). The second kappa shape index (κ2) is 8.93. The molecule has 0 aromatic heterocycles. The van der Waals surface area contributed by atoms with E-state index in [4.69, 9.17) is 0 Å². The largest absolute Gasteiger partial charge is 0.325 e. The van der Waals surface area contributed by atoms with Crippen LogP contribution in [-0.4, -0.2) is 30.0 Å². The minimum Gasteiger partial charge on any atom is -0.325 e. The number of nitrogens with one attached hydrogen (secondary N) is 2. The van der Waals surface area contributed by atoms with Crippen LogP contribution < -0.4 is 10.6 Å². The Hall–Kier alpha value is -1.07. The maximum atomic E-state index is 12.7. The Balaban J connectivity index is 2.22. The molecule has 0 saturated heterocycles. The van der Waals surface area contributed by atoms with Gasteiger partial charge in [0.25, 0.3) is 0 Å². The Morgan fingerprint density at radius 2 is 2.05 bits per heavy atom. The fraction of sp³-hybridized carbons (Fsp3) is 0.500. The molecular formula is C14H21FN2OS. The first kappa shape index (κ1) is 16.0. The van der Waals surface area contributed by atoms with E-state index >= 15 is 0 Å². The molecule has 0 bridgehead atoms. The topological polar surface area (TPSA) is 41.1 Å². The summed E-state index contributed by atoms with van der Waals surface area (Å²) in [4.78, 5) is 11.7. The second-order valence-electron chi connectivity index (χ2n) is 4.32. The number of anilines is 1. The molecule has 1 aromatic carbocycles. The molecular weight excluding hydrogens is 263 g/mol. The van der Waals surface area contributed by atoms with E-state index in [1.807, 2.05) is 11.8 Å². The molecule has 0 heterocycles. The van der Waals surface area contributed by atoms with Gasteiger partial charge in [0.2, 0.25) is 5.91 Å². The highest BCUT2D eigenvalue weighted by Crippen LogP contribution is 2.08. The van der Waals surface area contributed by atoms with E-state index in [2.05, 4.69) is 24.5 Å². The normalized spacial score (nSPS) is 12.2. The lowest BCUT2D eigenvalue weighted by Gasteiger charge is -2.13. The molecule has 1 unspecified atom stereocenters. The van der Waals surface area contributed by atoms with Crippen LogP contribution in [0.3, 0.4) is 0 Å². The zero-order valence-corrected chi connectivity index (χ0v) is 12.2. The Morgan fingerprint density at radius 1 is 1.37 bits per heavy atom. The minimum absolute atomic E-state index is 0.110. The third kappa shape index (κ3) is 7.18. The van der Waals surface area contributed by atoms with Crippen molar-refractivity contribution in [3.63, 3.8) is 0 Å². The smallest absolute Gasteiger partial charge is 0.238 e. The number of rotatable bonds is 8. The summed E-state index contributed by atoms with van der Waals surface area (Å²) >= 11 is 1.90. The van der Waals surface area contributed by atoms with Crippen molar-refractivity contribution < 1.29 is 9.18 Å². The zero-order valence-electron chi connectivity index (χ0n) is 11.4. The van der Waals surface area contributed by atoms with Gasteiger partial charge in [0.1, 0.15) is 5.82 Å². The molecule has 1 amide bonds. The monoisotopic (exact) mass is 284 g/mol. The van der Waals surface area contributed by atoms with Gasteiger partial charge in [-0.15, -0.1) is 0 Å². The number of amides is 1. The molecule has 106 valence electrons. The highest BCUT2D eigenvalue weighted by molar-refractivity contribution is 7.99. The summed E-state index contributed by atoms with van der Waals surface area (Å²) in [5.74, 6) is 1.81. The molecule has 0 fully saturated rings. The van der Waals surface area contributed by atoms with Crippen molar-refractivity contribution in [3.05, 3.63) is 30.1 Å². The number of carbonyl (C=O) groups excluding carboxylic acids is 1. The van der Waals surface area contributed by atoms with Crippen molar-refractivity contribution >= 4 is 23.4 Å². The summed E-state index contributed by atoms with van der Waals surface area (Å²) in [7, 11) is 0. The van der Waals surface area contributed by atoms with E-state index in [0.29, 0.717) is 11.7 Å². The first-order valence-corrected chi connectivity index (χ1v) is 7.64. The average Bonchev–Trinajstić information content (AvgIpc) is 2.39.